The fraction of sp³-hybridized carbons (Fsp3) is 0.538. The minimum Gasteiger partial charge on any atom is -0.354 e. The molecular weight excluding hydrogens is 214 g/mol. The van der Waals surface area contributed by atoms with Gasteiger partial charge in [-0.05, 0) is 30.4 Å². The van der Waals surface area contributed by atoms with Gasteiger partial charge in [0.2, 0.25) is 5.91 Å². The monoisotopic (exact) mass is 235 g/mol. The molecule has 0 saturated carbocycles. The molecule has 3 N–H and O–H groups in total. The summed E-state index contributed by atoms with van der Waals surface area (Å²) >= 11 is 0. The molecule has 1 aromatic rings. The predicted octanol–water partition coefficient (Wildman–Crippen LogP) is 1.11. The van der Waals surface area contributed by atoms with Crippen LogP contribution < -0.4 is 11.1 Å². The van der Waals surface area contributed by atoms with E-state index in [1.807, 2.05) is 12.1 Å². The lowest BCUT2D eigenvalue weighted by molar-refractivity contribution is -0.122. The van der Waals surface area contributed by atoms with Gasteiger partial charge in [0.05, 0.1) is 6.04 Å². The topological polar surface area (TPSA) is 68.0 Å². The summed E-state index contributed by atoms with van der Waals surface area (Å²) in [5.41, 5.74) is 6.89. The molecule has 0 bridgehead atoms. The molecule has 1 rings (SSSR count). The van der Waals surface area contributed by atoms with Gasteiger partial charge in [0.1, 0.15) is 0 Å². The van der Waals surface area contributed by atoms with Crippen molar-refractivity contribution in [2.45, 2.75) is 32.7 Å². The zero-order chi connectivity index (χ0) is 12.7. The van der Waals surface area contributed by atoms with Gasteiger partial charge in [0.25, 0.3) is 0 Å². The first-order valence-electron chi connectivity index (χ1n) is 6.01. The van der Waals surface area contributed by atoms with Crippen LogP contribution in [-0.4, -0.2) is 23.5 Å². The van der Waals surface area contributed by atoms with Crippen LogP contribution in [-0.2, 0) is 11.2 Å². The minimum atomic E-state index is -0.399. The average molecular weight is 235 g/mol. The Bertz CT molecular complexity index is 338. The molecule has 0 aliphatic carbocycles. The number of aromatic nitrogens is 1. The molecule has 0 aliphatic rings. The van der Waals surface area contributed by atoms with Crippen molar-refractivity contribution in [3.05, 3.63) is 30.1 Å². The van der Waals surface area contributed by atoms with E-state index in [0.29, 0.717) is 12.5 Å². The van der Waals surface area contributed by atoms with Crippen molar-refractivity contribution >= 4 is 5.91 Å². The van der Waals surface area contributed by atoms with Gasteiger partial charge in [-0.15, -0.1) is 0 Å². The number of hydrogen-bond acceptors (Lipinski definition) is 3. The van der Waals surface area contributed by atoms with Crippen molar-refractivity contribution < 1.29 is 4.79 Å². The Labute approximate surface area is 103 Å². The van der Waals surface area contributed by atoms with Crippen molar-refractivity contribution in [2.75, 3.05) is 6.54 Å². The van der Waals surface area contributed by atoms with Gasteiger partial charge in [-0.2, -0.15) is 0 Å². The standard InChI is InChI=1S/C13H21N3O/c1-10(2)8-12(14)13(17)16-7-5-11-4-3-6-15-9-11/h3-4,6,9-10,12H,5,7-8,14H2,1-2H3,(H,16,17)/t12-/m0/s1. The maximum Gasteiger partial charge on any atom is 0.236 e. The van der Waals surface area contributed by atoms with Crippen LogP contribution in [0.3, 0.4) is 0 Å². The minimum absolute atomic E-state index is 0.0670. The van der Waals surface area contributed by atoms with E-state index in [9.17, 15) is 4.79 Å². The van der Waals surface area contributed by atoms with Gasteiger partial charge >= 0.3 is 0 Å². The summed E-state index contributed by atoms with van der Waals surface area (Å²) in [5.74, 6) is 0.372. The van der Waals surface area contributed by atoms with E-state index in [0.717, 1.165) is 18.4 Å². The van der Waals surface area contributed by atoms with Crippen LogP contribution in [0.1, 0.15) is 25.8 Å². The highest BCUT2D eigenvalue weighted by Crippen LogP contribution is 2.02. The molecule has 0 aromatic carbocycles. The van der Waals surface area contributed by atoms with Crippen molar-refractivity contribution in [2.24, 2.45) is 11.7 Å². The molecule has 1 aromatic heterocycles. The molecule has 1 atom stereocenters. The lowest BCUT2D eigenvalue weighted by atomic mass is 10.0. The maximum absolute atomic E-state index is 11.6. The zero-order valence-corrected chi connectivity index (χ0v) is 10.5. The molecule has 94 valence electrons. The number of nitrogens with zero attached hydrogens (tertiary/aromatic N) is 1. The highest BCUT2D eigenvalue weighted by atomic mass is 16.2. The molecule has 0 radical (unpaired) electrons. The number of amides is 1. The smallest absolute Gasteiger partial charge is 0.236 e. The molecule has 17 heavy (non-hydrogen) atoms. The van der Waals surface area contributed by atoms with Gasteiger partial charge in [0, 0.05) is 18.9 Å². The number of rotatable bonds is 6. The van der Waals surface area contributed by atoms with Gasteiger partial charge < -0.3 is 11.1 Å². The summed E-state index contributed by atoms with van der Waals surface area (Å²) in [4.78, 5) is 15.6. The second kappa shape index (κ2) is 7.01. The zero-order valence-electron chi connectivity index (χ0n) is 10.5. The molecule has 1 amide bonds. The van der Waals surface area contributed by atoms with Crippen LogP contribution in [0.15, 0.2) is 24.5 Å². The number of hydrogen-bond donors (Lipinski definition) is 2. The molecule has 4 heteroatoms. The average Bonchev–Trinajstić information content (AvgIpc) is 2.29. The number of nitrogens with one attached hydrogen (secondary N) is 1. The molecule has 0 spiro atoms. The summed E-state index contributed by atoms with van der Waals surface area (Å²) < 4.78 is 0. The van der Waals surface area contributed by atoms with E-state index < -0.39 is 6.04 Å². The largest absolute Gasteiger partial charge is 0.354 e. The summed E-state index contributed by atoms with van der Waals surface area (Å²) in [6.07, 6.45) is 5.05. The third-order valence-electron chi connectivity index (χ3n) is 2.50. The summed E-state index contributed by atoms with van der Waals surface area (Å²) in [6.45, 7) is 4.72. The van der Waals surface area contributed by atoms with Gasteiger partial charge in [-0.3, -0.25) is 9.78 Å². The first-order chi connectivity index (χ1) is 8.09. The normalized spacial score (nSPS) is 12.5. The summed E-state index contributed by atoms with van der Waals surface area (Å²) in [6, 6.07) is 3.48. The van der Waals surface area contributed by atoms with Crippen molar-refractivity contribution in [3.63, 3.8) is 0 Å². The Kier molecular flexibility index (Phi) is 5.63. The fourth-order valence-electron chi connectivity index (χ4n) is 1.62. The molecule has 0 fully saturated rings. The van der Waals surface area contributed by atoms with Gasteiger partial charge in [-0.25, -0.2) is 0 Å². The van der Waals surface area contributed by atoms with E-state index in [-0.39, 0.29) is 5.91 Å². The summed E-state index contributed by atoms with van der Waals surface area (Å²) in [5, 5.41) is 2.84. The summed E-state index contributed by atoms with van der Waals surface area (Å²) in [7, 11) is 0. The van der Waals surface area contributed by atoms with E-state index in [1.54, 1.807) is 12.4 Å². The second-order valence-corrected chi connectivity index (χ2v) is 4.64. The third kappa shape index (κ3) is 5.45. The van der Waals surface area contributed by atoms with Crippen LogP contribution in [0.2, 0.25) is 0 Å². The quantitative estimate of drug-likeness (QED) is 0.776. The van der Waals surface area contributed by atoms with Gasteiger partial charge in [-0.1, -0.05) is 19.9 Å². The van der Waals surface area contributed by atoms with E-state index in [4.69, 9.17) is 5.73 Å². The Morgan fingerprint density at radius 2 is 2.29 bits per heavy atom. The highest BCUT2D eigenvalue weighted by Gasteiger charge is 2.13. The van der Waals surface area contributed by atoms with E-state index in [2.05, 4.69) is 24.1 Å². The second-order valence-electron chi connectivity index (χ2n) is 4.64. The first-order valence-corrected chi connectivity index (χ1v) is 6.01. The van der Waals surface area contributed by atoms with Crippen molar-refractivity contribution in [3.8, 4) is 0 Å². The van der Waals surface area contributed by atoms with Crippen LogP contribution in [0.4, 0.5) is 0 Å². The third-order valence-corrected chi connectivity index (χ3v) is 2.50. The Balaban J connectivity index is 2.24. The molecular formula is C13H21N3O. The maximum atomic E-state index is 11.6. The fourth-order valence-corrected chi connectivity index (χ4v) is 1.62. The Morgan fingerprint density at radius 1 is 1.53 bits per heavy atom. The predicted molar refractivity (Wildman–Crippen MR) is 68.4 cm³/mol. The first kappa shape index (κ1) is 13.6. The SMILES string of the molecule is CC(C)C[C@H](N)C(=O)NCCc1cccnc1. The Hall–Kier alpha value is -1.42. The number of pyridine rings is 1. The van der Waals surface area contributed by atoms with Crippen molar-refractivity contribution in [1.29, 1.82) is 0 Å². The Morgan fingerprint density at radius 3 is 2.88 bits per heavy atom. The van der Waals surface area contributed by atoms with Crippen LogP contribution in [0.5, 0.6) is 0 Å². The molecule has 0 saturated heterocycles. The molecule has 1 heterocycles. The number of carbonyl (C=O) groups excluding carboxylic acids is 1. The molecule has 4 nitrogen and oxygen atoms in total. The number of nitrogens with two attached hydrogens (primary N) is 1. The van der Waals surface area contributed by atoms with E-state index in [1.165, 1.54) is 0 Å². The van der Waals surface area contributed by atoms with Crippen LogP contribution in [0.25, 0.3) is 0 Å². The molecule has 0 unspecified atom stereocenters. The van der Waals surface area contributed by atoms with Gasteiger partial charge in [0.15, 0.2) is 0 Å². The lowest BCUT2D eigenvalue weighted by Gasteiger charge is -2.13. The van der Waals surface area contributed by atoms with Crippen molar-refractivity contribution in [1.82, 2.24) is 10.3 Å². The molecule has 0 aliphatic heterocycles. The lowest BCUT2D eigenvalue weighted by Crippen LogP contribution is -2.42. The van der Waals surface area contributed by atoms with Crippen LogP contribution >= 0.6 is 0 Å². The van der Waals surface area contributed by atoms with Crippen LogP contribution in [0, 0.1) is 5.92 Å². The van der Waals surface area contributed by atoms with E-state index >= 15 is 0 Å². The highest BCUT2D eigenvalue weighted by molar-refractivity contribution is 5.81. The number of carbonyl (C=O) groups is 1.